The minimum absolute atomic E-state index is 0.232. The van der Waals surface area contributed by atoms with Crippen molar-refractivity contribution in [1.82, 2.24) is 14.9 Å². The summed E-state index contributed by atoms with van der Waals surface area (Å²) in [5.74, 6) is 0.499. The lowest BCUT2D eigenvalue weighted by Gasteiger charge is -2.35. The second-order valence-electron chi connectivity index (χ2n) is 5.24. The third-order valence-corrected chi connectivity index (χ3v) is 3.90. The van der Waals surface area contributed by atoms with Crippen LogP contribution in [0.5, 0.6) is 0 Å². The zero-order valence-corrected chi connectivity index (χ0v) is 11.9. The van der Waals surface area contributed by atoms with Crippen LogP contribution >= 0.6 is 0 Å². The molecule has 0 amide bonds. The molecule has 1 aromatic heterocycles. The lowest BCUT2D eigenvalue weighted by molar-refractivity contribution is 0.216. The topological polar surface area (TPSA) is 52.5 Å². The Morgan fingerprint density at radius 3 is 2.71 bits per heavy atom. The summed E-state index contributed by atoms with van der Waals surface area (Å²) in [6.07, 6.45) is 2.24. The van der Waals surface area contributed by atoms with Crippen molar-refractivity contribution in [2.24, 2.45) is 0 Å². The number of nitrogens with zero attached hydrogens (tertiary/aromatic N) is 4. The summed E-state index contributed by atoms with van der Waals surface area (Å²) >= 11 is 0. The summed E-state index contributed by atoms with van der Waals surface area (Å²) in [5, 5.41) is 9.65. The molecule has 3 rings (SSSR count). The van der Waals surface area contributed by atoms with Crippen LogP contribution in [0.2, 0.25) is 0 Å². The van der Waals surface area contributed by atoms with E-state index in [0.29, 0.717) is 5.52 Å². The van der Waals surface area contributed by atoms with Crippen molar-refractivity contribution in [2.45, 2.75) is 6.42 Å². The van der Waals surface area contributed by atoms with Crippen molar-refractivity contribution in [3.05, 3.63) is 30.3 Å². The molecule has 112 valence electrons. The van der Waals surface area contributed by atoms with Gasteiger partial charge in [0.1, 0.15) is 23.5 Å². The van der Waals surface area contributed by atoms with Gasteiger partial charge >= 0.3 is 0 Å². The first-order chi connectivity index (χ1) is 10.3. The Hall–Kier alpha value is -1.79. The number of hydrogen-bond donors (Lipinski definition) is 1. The lowest BCUT2D eigenvalue weighted by atomic mass is 10.2. The third kappa shape index (κ3) is 2.96. The van der Waals surface area contributed by atoms with Gasteiger partial charge in [-0.25, -0.2) is 14.4 Å². The molecule has 0 bridgehead atoms. The van der Waals surface area contributed by atoms with E-state index >= 15 is 0 Å². The van der Waals surface area contributed by atoms with Crippen molar-refractivity contribution in [3.8, 4) is 0 Å². The number of piperazine rings is 1. The molecule has 1 N–H and O–H groups in total. The maximum atomic E-state index is 13.8. The normalized spacial score (nSPS) is 16.6. The monoisotopic (exact) mass is 290 g/mol. The van der Waals surface area contributed by atoms with E-state index in [-0.39, 0.29) is 12.4 Å². The zero-order valence-electron chi connectivity index (χ0n) is 11.9. The predicted molar refractivity (Wildman–Crippen MR) is 79.9 cm³/mol. The van der Waals surface area contributed by atoms with Crippen molar-refractivity contribution in [3.63, 3.8) is 0 Å². The number of fused-ring (bicyclic) bond motifs is 1. The number of aliphatic hydroxyl groups is 1. The van der Waals surface area contributed by atoms with Crippen molar-refractivity contribution in [1.29, 1.82) is 0 Å². The number of para-hydroxylation sites is 1. The highest BCUT2D eigenvalue weighted by molar-refractivity contribution is 5.89. The van der Waals surface area contributed by atoms with Crippen molar-refractivity contribution >= 4 is 16.7 Å². The molecular weight excluding hydrogens is 271 g/mol. The van der Waals surface area contributed by atoms with Gasteiger partial charge in [0, 0.05) is 44.7 Å². The molecular formula is C15H19FN4O. The molecule has 0 radical (unpaired) electrons. The maximum Gasteiger partial charge on any atom is 0.149 e. The summed E-state index contributed by atoms with van der Waals surface area (Å²) in [6, 6.07) is 4.99. The van der Waals surface area contributed by atoms with Crippen LogP contribution in [0.3, 0.4) is 0 Å². The third-order valence-electron chi connectivity index (χ3n) is 3.90. The smallest absolute Gasteiger partial charge is 0.149 e. The van der Waals surface area contributed by atoms with Crippen LogP contribution in [0, 0.1) is 5.82 Å². The van der Waals surface area contributed by atoms with Gasteiger partial charge in [-0.3, -0.25) is 4.90 Å². The Morgan fingerprint density at radius 2 is 1.95 bits per heavy atom. The minimum Gasteiger partial charge on any atom is -0.396 e. The van der Waals surface area contributed by atoms with E-state index in [1.807, 2.05) is 6.07 Å². The first kappa shape index (κ1) is 14.2. The Kier molecular flexibility index (Phi) is 4.26. The van der Waals surface area contributed by atoms with Gasteiger partial charge in [-0.05, 0) is 18.6 Å². The van der Waals surface area contributed by atoms with Crippen molar-refractivity contribution in [2.75, 3.05) is 44.2 Å². The largest absolute Gasteiger partial charge is 0.396 e. The van der Waals surface area contributed by atoms with Crippen molar-refractivity contribution < 1.29 is 9.50 Å². The molecule has 1 saturated heterocycles. The molecule has 0 aliphatic carbocycles. The molecule has 2 heterocycles. The standard InChI is InChI=1S/C15H19FN4O/c16-13-4-1-3-12-14(13)17-11-18-15(12)20-8-6-19(7-9-20)5-2-10-21/h1,3-4,11,21H,2,5-10H2. The molecule has 6 heteroatoms. The molecule has 5 nitrogen and oxygen atoms in total. The van der Waals surface area contributed by atoms with Gasteiger partial charge in [0.15, 0.2) is 0 Å². The van der Waals surface area contributed by atoms with Gasteiger partial charge < -0.3 is 10.0 Å². The summed E-state index contributed by atoms with van der Waals surface area (Å²) < 4.78 is 13.8. The van der Waals surface area contributed by atoms with E-state index in [2.05, 4.69) is 19.8 Å². The van der Waals surface area contributed by atoms with Crippen LogP contribution in [0.25, 0.3) is 10.9 Å². The molecule has 0 unspecified atom stereocenters. The maximum absolute atomic E-state index is 13.8. The fourth-order valence-corrected chi connectivity index (χ4v) is 2.77. The molecule has 1 aliphatic rings. The molecule has 2 aromatic rings. The molecule has 1 aliphatic heterocycles. The molecule has 0 atom stereocenters. The summed E-state index contributed by atoms with van der Waals surface area (Å²) in [5.41, 5.74) is 0.380. The molecule has 0 spiro atoms. The Balaban J connectivity index is 1.78. The van der Waals surface area contributed by atoms with E-state index in [9.17, 15) is 4.39 Å². The Morgan fingerprint density at radius 1 is 1.14 bits per heavy atom. The number of anilines is 1. The molecule has 1 fully saturated rings. The average Bonchev–Trinajstić information content (AvgIpc) is 2.53. The Bertz CT molecular complexity index is 614. The van der Waals surface area contributed by atoms with E-state index < -0.39 is 0 Å². The second-order valence-corrected chi connectivity index (χ2v) is 5.24. The number of halogens is 1. The van der Waals surface area contributed by atoms with E-state index in [1.165, 1.54) is 12.4 Å². The minimum atomic E-state index is -0.308. The summed E-state index contributed by atoms with van der Waals surface area (Å²) in [6.45, 7) is 4.73. The van der Waals surface area contributed by atoms with Crippen LogP contribution in [-0.2, 0) is 0 Å². The van der Waals surface area contributed by atoms with Crippen LogP contribution in [-0.4, -0.2) is 59.3 Å². The van der Waals surface area contributed by atoms with Crippen LogP contribution in [0.1, 0.15) is 6.42 Å². The van der Waals surface area contributed by atoms with Gasteiger partial charge in [-0.1, -0.05) is 6.07 Å². The van der Waals surface area contributed by atoms with E-state index in [0.717, 1.165) is 50.3 Å². The highest BCUT2D eigenvalue weighted by Crippen LogP contribution is 2.25. The fourth-order valence-electron chi connectivity index (χ4n) is 2.77. The van der Waals surface area contributed by atoms with Gasteiger partial charge in [0.05, 0.1) is 0 Å². The van der Waals surface area contributed by atoms with Crippen LogP contribution in [0.15, 0.2) is 24.5 Å². The van der Waals surface area contributed by atoms with Gasteiger partial charge in [0.2, 0.25) is 0 Å². The number of benzene rings is 1. The second kappa shape index (κ2) is 6.32. The number of rotatable bonds is 4. The summed E-state index contributed by atoms with van der Waals surface area (Å²) in [7, 11) is 0. The lowest BCUT2D eigenvalue weighted by Crippen LogP contribution is -2.47. The fraction of sp³-hybridized carbons (Fsp3) is 0.467. The highest BCUT2D eigenvalue weighted by Gasteiger charge is 2.20. The van der Waals surface area contributed by atoms with Gasteiger partial charge in [-0.15, -0.1) is 0 Å². The Labute approximate surface area is 123 Å². The zero-order chi connectivity index (χ0) is 14.7. The van der Waals surface area contributed by atoms with E-state index in [4.69, 9.17) is 5.11 Å². The van der Waals surface area contributed by atoms with Crippen LogP contribution in [0.4, 0.5) is 10.2 Å². The summed E-state index contributed by atoms with van der Waals surface area (Å²) in [4.78, 5) is 12.9. The number of aliphatic hydroxyl groups excluding tert-OH is 1. The average molecular weight is 290 g/mol. The number of aromatic nitrogens is 2. The van der Waals surface area contributed by atoms with E-state index in [1.54, 1.807) is 6.07 Å². The molecule has 1 aromatic carbocycles. The predicted octanol–water partition coefficient (Wildman–Crippen LogP) is 1.27. The first-order valence-corrected chi connectivity index (χ1v) is 7.27. The molecule has 0 saturated carbocycles. The molecule has 21 heavy (non-hydrogen) atoms. The number of hydrogen-bond acceptors (Lipinski definition) is 5. The SMILES string of the molecule is OCCCN1CCN(c2ncnc3c(F)cccc23)CC1. The van der Waals surface area contributed by atoms with Gasteiger partial charge in [-0.2, -0.15) is 0 Å². The first-order valence-electron chi connectivity index (χ1n) is 7.27. The van der Waals surface area contributed by atoms with Crippen LogP contribution < -0.4 is 4.90 Å². The van der Waals surface area contributed by atoms with Gasteiger partial charge in [0.25, 0.3) is 0 Å². The quantitative estimate of drug-likeness (QED) is 0.919. The highest BCUT2D eigenvalue weighted by atomic mass is 19.1.